The molecular weight excluding hydrogens is 256 g/mol. The number of benzene rings is 1. The second kappa shape index (κ2) is 8.96. The Balaban J connectivity index is 2.49. The van der Waals surface area contributed by atoms with Crippen molar-refractivity contribution in [3.8, 4) is 11.5 Å². The lowest BCUT2D eigenvalue weighted by molar-refractivity contribution is -0.121. The van der Waals surface area contributed by atoms with E-state index in [9.17, 15) is 9.90 Å². The van der Waals surface area contributed by atoms with Crippen LogP contribution in [-0.2, 0) is 4.79 Å². The summed E-state index contributed by atoms with van der Waals surface area (Å²) in [5, 5.41) is 13.5. The van der Waals surface area contributed by atoms with Crippen LogP contribution in [0.1, 0.15) is 45.1 Å². The minimum absolute atomic E-state index is 0.0847. The molecule has 0 saturated carbocycles. The third-order valence-electron chi connectivity index (χ3n) is 2.69. The van der Waals surface area contributed by atoms with E-state index in [1.807, 2.05) is 6.92 Å². The molecule has 5 nitrogen and oxygen atoms in total. The summed E-state index contributed by atoms with van der Waals surface area (Å²) >= 11 is 0. The number of phenols is 1. The summed E-state index contributed by atoms with van der Waals surface area (Å²) in [5.41, 5.74) is 3.23. The first-order valence-corrected chi connectivity index (χ1v) is 6.95. The highest BCUT2D eigenvalue weighted by atomic mass is 16.5. The molecule has 1 amide bonds. The van der Waals surface area contributed by atoms with Crippen LogP contribution in [-0.4, -0.2) is 23.8 Å². The maximum atomic E-state index is 11.4. The van der Waals surface area contributed by atoms with Crippen LogP contribution in [0.25, 0.3) is 0 Å². The summed E-state index contributed by atoms with van der Waals surface area (Å²) < 4.78 is 5.27. The van der Waals surface area contributed by atoms with Crippen molar-refractivity contribution in [2.75, 3.05) is 6.61 Å². The number of nitrogens with one attached hydrogen (secondary N) is 1. The van der Waals surface area contributed by atoms with Crippen LogP contribution in [0.3, 0.4) is 0 Å². The van der Waals surface area contributed by atoms with E-state index < -0.39 is 0 Å². The largest absolute Gasteiger partial charge is 0.504 e. The molecule has 0 aliphatic heterocycles. The lowest BCUT2D eigenvalue weighted by atomic mass is 10.2. The van der Waals surface area contributed by atoms with E-state index in [1.165, 1.54) is 12.3 Å². The number of ether oxygens (including phenoxy) is 1. The van der Waals surface area contributed by atoms with Gasteiger partial charge in [-0.1, -0.05) is 19.8 Å². The lowest BCUT2D eigenvalue weighted by Crippen LogP contribution is -2.16. The highest BCUT2D eigenvalue weighted by molar-refractivity contribution is 5.83. The van der Waals surface area contributed by atoms with Gasteiger partial charge >= 0.3 is 0 Å². The molecule has 1 rings (SSSR count). The van der Waals surface area contributed by atoms with Crippen molar-refractivity contribution in [1.29, 1.82) is 0 Å². The normalized spacial score (nSPS) is 10.7. The van der Waals surface area contributed by atoms with Crippen molar-refractivity contribution in [3.63, 3.8) is 0 Å². The van der Waals surface area contributed by atoms with Gasteiger partial charge in [0.15, 0.2) is 11.5 Å². The highest BCUT2D eigenvalue weighted by Crippen LogP contribution is 2.26. The van der Waals surface area contributed by atoms with Gasteiger partial charge in [0.05, 0.1) is 12.8 Å². The van der Waals surface area contributed by atoms with Crippen molar-refractivity contribution >= 4 is 12.1 Å². The number of phenolic OH excluding ortho intramolecular Hbond substituents is 1. The number of carbonyl (C=O) groups is 1. The number of aromatic hydroxyl groups is 1. The quantitative estimate of drug-likeness (QED) is 0.436. The Morgan fingerprint density at radius 1 is 1.40 bits per heavy atom. The second-order valence-electron chi connectivity index (χ2n) is 4.41. The minimum Gasteiger partial charge on any atom is -0.504 e. The predicted molar refractivity (Wildman–Crippen MR) is 79.2 cm³/mol. The zero-order chi connectivity index (χ0) is 14.8. The molecule has 0 bridgehead atoms. The van der Waals surface area contributed by atoms with Gasteiger partial charge in [0, 0.05) is 6.42 Å². The third kappa shape index (κ3) is 5.73. The lowest BCUT2D eigenvalue weighted by Gasteiger charge is -2.06. The van der Waals surface area contributed by atoms with E-state index in [4.69, 9.17) is 4.74 Å². The Kier molecular flexibility index (Phi) is 7.17. The molecule has 0 atom stereocenters. The van der Waals surface area contributed by atoms with Crippen LogP contribution in [0.15, 0.2) is 23.3 Å². The number of amides is 1. The van der Waals surface area contributed by atoms with Crippen LogP contribution >= 0.6 is 0 Å². The molecule has 0 radical (unpaired) electrons. The van der Waals surface area contributed by atoms with Crippen molar-refractivity contribution in [2.45, 2.75) is 39.5 Å². The number of unbranched alkanes of at least 4 members (excludes halogenated alkanes) is 2. The number of rotatable bonds is 8. The van der Waals surface area contributed by atoms with Gasteiger partial charge in [0.25, 0.3) is 0 Å². The molecule has 110 valence electrons. The summed E-state index contributed by atoms with van der Waals surface area (Å²) in [6.07, 6.45) is 5.03. The fourth-order valence-electron chi connectivity index (χ4n) is 1.65. The smallest absolute Gasteiger partial charge is 0.240 e. The average Bonchev–Trinajstić information content (AvgIpc) is 2.43. The van der Waals surface area contributed by atoms with Crippen molar-refractivity contribution in [2.24, 2.45) is 5.10 Å². The number of carbonyl (C=O) groups excluding carboxylic acids is 1. The Bertz CT molecular complexity index is 458. The molecular formula is C15H22N2O3. The fraction of sp³-hybridized carbons (Fsp3) is 0.467. The molecule has 0 fully saturated rings. The Labute approximate surface area is 119 Å². The minimum atomic E-state index is -0.0847. The fourth-order valence-corrected chi connectivity index (χ4v) is 1.65. The van der Waals surface area contributed by atoms with Crippen molar-refractivity contribution < 1.29 is 14.6 Å². The standard InChI is InChI=1S/C15H22N2O3/c1-3-5-6-7-15(19)17-16-11-12-8-9-13(18)14(10-12)20-4-2/h8-11,18H,3-7H2,1-2H3,(H,17,19). The van der Waals surface area contributed by atoms with Gasteiger partial charge in [-0.3, -0.25) is 4.79 Å². The number of hydrogen-bond acceptors (Lipinski definition) is 4. The predicted octanol–water partition coefficient (Wildman–Crippen LogP) is 2.82. The molecule has 2 N–H and O–H groups in total. The first-order chi connectivity index (χ1) is 9.67. The van der Waals surface area contributed by atoms with E-state index in [-0.39, 0.29) is 11.7 Å². The maximum Gasteiger partial charge on any atom is 0.240 e. The third-order valence-corrected chi connectivity index (χ3v) is 2.69. The zero-order valence-corrected chi connectivity index (χ0v) is 12.1. The van der Waals surface area contributed by atoms with Gasteiger partial charge in [-0.2, -0.15) is 5.10 Å². The van der Waals surface area contributed by atoms with Gasteiger partial charge in [0.1, 0.15) is 0 Å². The summed E-state index contributed by atoms with van der Waals surface area (Å²) in [5.74, 6) is 0.414. The highest BCUT2D eigenvalue weighted by Gasteiger charge is 2.02. The second-order valence-corrected chi connectivity index (χ2v) is 4.41. The molecule has 0 unspecified atom stereocenters. The summed E-state index contributed by atoms with van der Waals surface area (Å²) in [6, 6.07) is 4.91. The van der Waals surface area contributed by atoms with E-state index in [2.05, 4.69) is 17.5 Å². The number of hydrogen-bond donors (Lipinski definition) is 2. The molecule has 0 aliphatic carbocycles. The Morgan fingerprint density at radius 3 is 2.90 bits per heavy atom. The molecule has 0 aliphatic rings. The molecule has 5 heteroatoms. The molecule has 0 aromatic heterocycles. The van der Waals surface area contributed by atoms with E-state index >= 15 is 0 Å². The Hall–Kier alpha value is -2.04. The SMILES string of the molecule is CCCCCC(=O)NN=Cc1ccc(O)c(OCC)c1. The molecule has 0 spiro atoms. The van der Waals surface area contributed by atoms with Crippen LogP contribution in [0, 0.1) is 0 Å². The van der Waals surface area contributed by atoms with Crippen molar-refractivity contribution in [3.05, 3.63) is 23.8 Å². The van der Waals surface area contributed by atoms with Gasteiger partial charge in [-0.25, -0.2) is 5.43 Å². The monoisotopic (exact) mass is 278 g/mol. The summed E-state index contributed by atoms with van der Waals surface area (Å²) in [6.45, 7) is 4.41. The average molecular weight is 278 g/mol. The molecule has 0 saturated heterocycles. The van der Waals surface area contributed by atoms with Crippen LogP contribution in [0.4, 0.5) is 0 Å². The molecule has 20 heavy (non-hydrogen) atoms. The topological polar surface area (TPSA) is 70.9 Å². The van der Waals surface area contributed by atoms with Crippen LogP contribution in [0.2, 0.25) is 0 Å². The molecule has 1 aromatic rings. The van der Waals surface area contributed by atoms with Gasteiger partial charge in [-0.15, -0.1) is 0 Å². The summed E-state index contributed by atoms with van der Waals surface area (Å²) in [4.78, 5) is 11.4. The van der Waals surface area contributed by atoms with Gasteiger partial charge in [-0.05, 0) is 37.1 Å². The zero-order valence-electron chi connectivity index (χ0n) is 12.1. The first-order valence-electron chi connectivity index (χ1n) is 6.95. The van der Waals surface area contributed by atoms with Crippen molar-refractivity contribution in [1.82, 2.24) is 5.43 Å². The maximum absolute atomic E-state index is 11.4. The molecule has 1 aromatic carbocycles. The van der Waals surface area contributed by atoms with Gasteiger partial charge in [0.2, 0.25) is 5.91 Å². The van der Waals surface area contributed by atoms with Gasteiger partial charge < -0.3 is 9.84 Å². The van der Waals surface area contributed by atoms with Crippen LogP contribution < -0.4 is 10.2 Å². The number of nitrogens with zero attached hydrogens (tertiary/aromatic N) is 1. The van der Waals surface area contributed by atoms with E-state index in [0.29, 0.717) is 18.8 Å². The Morgan fingerprint density at radius 2 is 2.20 bits per heavy atom. The molecule has 0 heterocycles. The summed E-state index contributed by atoms with van der Waals surface area (Å²) in [7, 11) is 0. The number of hydrazone groups is 1. The van der Waals surface area contributed by atoms with E-state index in [0.717, 1.165) is 24.8 Å². The first kappa shape index (κ1) is 16.0. The van der Waals surface area contributed by atoms with Crippen LogP contribution in [0.5, 0.6) is 11.5 Å². The van der Waals surface area contributed by atoms with E-state index in [1.54, 1.807) is 12.1 Å².